The number of ether oxygens (including phenoxy) is 1. The first-order chi connectivity index (χ1) is 7.36. The minimum Gasteiger partial charge on any atom is -0.467 e. The molecule has 0 amide bonds. The van der Waals surface area contributed by atoms with Crippen molar-refractivity contribution in [3.8, 4) is 5.75 Å². The van der Waals surface area contributed by atoms with Gasteiger partial charge in [0.1, 0.15) is 5.75 Å². The van der Waals surface area contributed by atoms with Crippen LogP contribution in [0.4, 0.5) is 0 Å². The fourth-order valence-electron chi connectivity index (χ4n) is 1.68. The fraction of sp³-hybridized carbons (Fsp3) is 0.167. The lowest BCUT2D eigenvalue weighted by molar-refractivity contribution is 0.0962. The van der Waals surface area contributed by atoms with Gasteiger partial charge in [-0.1, -0.05) is 30.3 Å². The van der Waals surface area contributed by atoms with Gasteiger partial charge in [-0.2, -0.15) is 0 Å². The molecular formula is C12H12O3. The molecule has 2 aromatic carbocycles. The first kappa shape index (κ1) is 9.96. The Hall–Kier alpha value is -1.58. The van der Waals surface area contributed by atoms with Crippen LogP contribution in [0.25, 0.3) is 10.8 Å². The molecule has 2 aromatic rings. The number of aliphatic hydroxyl groups is 2. The van der Waals surface area contributed by atoms with E-state index in [1.165, 1.54) is 0 Å². The zero-order valence-electron chi connectivity index (χ0n) is 8.18. The molecule has 0 fully saturated rings. The average molecular weight is 204 g/mol. The first-order valence-electron chi connectivity index (χ1n) is 4.72. The summed E-state index contributed by atoms with van der Waals surface area (Å²) in [5.74, 6) is 0.527. The van der Waals surface area contributed by atoms with Crippen LogP contribution in [0.5, 0.6) is 5.75 Å². The van der Waals surface area contributed by atoms with Gasteiger partial charge in [0.15, 0.2) is 6.79 Å². The van der Waals surface area contributed by atoms with Crippen LogP contribution in [-0.4, -0.2) is 17.0 Å². The highest BCUT2D eigenvalue weighted by Gasteiger charge is 2.06. The van der Waals surface area contributed by atoms with E-state index in [0.717, 1.165) is 10.8 Å². The number of rotatable bonds is 3. The largest absolute Gasteiger partial charge is 0.467 e. The van der Waals surface area contributed by atoms with E-state index >= 15 is 0 Å². The second kappa shape index (κ2) is 4.29. The molecule has 0 heterocycles. The van der Waals surface area contributed by atoms with E-state index in [1.54, 1.807) is 6.07 Å². The standard InChI is InChI=1S/C12H12O3/c13-7-11-10-4-2-1-3-9(10)5-6-12(11)15-8-14/h1-6,13-14H,7-8H2. The summed E-state index contributed by atoms with van der Waals surface area (Å²) in [5.41, 5.74) is 0.710. The highest BCUT2D eigenvalue weighted by atomic mass is 16.6. The second-order valence-corrected chi connectivity index (χ2v) is 3.19. The van der Waals surface area contributed by atoms with Crippen LogP contribution < -0.4 is 4.74 Å². The van der Waals surface area contributed by atoms with Crippen LogP contribution >= 0.6 is 0 Å². The predicted molar refractivity (Wildman–Crippen MR) is 57.6 cm³/mol. The Morgan fingerprint density at radius 1 is 1.00 bits per heavy atom. The van der Waals surface area contributed by atoms with Crippen LogP contribution in [0.15, 0.2) is 36.4 Å². The molecule has 3 nitrogen and oxygen atoms in total. The van der Waals surface area contributed by atoms with E-state index in [1.807, 2.05) is 30.3 Å². The van der Waals surface area contributed by atoms with Gasteiger partial charge in [-0.05, 0) is 16.8 Å². The molecule has 0 aromatic heterocycles. The zero-order chi connectivity index (χ0) is 10.7. The van der Waals surface area contributed by atoms with Crippen LogP contribution in [0.2, 0.25) is 0 Å². The molecule has 3 heteroatoms. The Morgan fingerprint density at radius 3 is 2.53 bits per heavy atom. The number of hydrogen-bond donors (Lipinski definition) is 2. The van der Waals surface area contributed by atoms with E-state index in [2.05, 4.69) is 0 Å². The van der Waals surface area contributed by atoms with E-state index in [0.29, 0.717) is 11.3 Å². The van der Waals surface area contributed by atoms with Crippen molar-refractivity contribution in [2.24, 2.45) is 0 Å². The Bertz CT molecular complexity index is 465. The molecule has 0 saturated heterocycles. The van der Waals surface area contributed by atoms with Gasteiger partial charge in [0.25, 0.3) is 0 Å². The van der Waals surface area contributed by atoms with Crippen molar-refractivity contribution in [1.82, 2.24) is 0 Å². The Labute approximate surface area is 87.5 Å². The lowest BCUT2D eigenvalue weighted by atomic mass is 10.0. The predicted octanol–water partition coefficient (Wildman–Crippen LogP) is 1.66. The summed E-state index contributed by atoms with van der Waals surface area (Å²) in [6.07, 6.45) is 0. The maximum Gasteiger partial charge on any atom is 0.186 e. The Morgan fingerprint density at radius 2 is 1.80 bits per heavy atom. The smallest absolute Gasteiger partial charge is 0.186 e. The third kappa shape index (κ3) is 1.79. The third-order valence-electron chi connectivity index (χ3n) is 2.38. The molecule has 78 valence electrons. The maximum absolute atomic E-state index is 9.28. The van der Waals surface area contributed by atoms with Gasteiger partial charge in [0.05, 0.1) is 6.61 Å². The zero-order valence-corrected chi connectivity index (χ0v) is 8.18. The van der Waals surface area contributed by atoms with Crippen LogP contribution in [0.1, 0.15) is 5.56 Å². The number of benzene rings is 2. The molecule has 0 aliphatic rings. The van der Waals surface area contributed by atoms with Crippen LogP contribution in [0.3, 0.4) is 0 Å². The van der Waals surface area contributed by atoms with Crippen molar-refractivity contribution in [1.29, 1.82) is 0 Å². The molecule has 0 spiro atoms. The molecule has 2 N–H and O–H groups in total. The van der Waals surface area contributed by atoms with Gasteiger partial charge in [0, 0.05) is 5.56 Å². The SMILES string of the molecule is OCOc1ccc2ccccc2c1CO. The molecule has 0 bridgehead atoms. The Balaban J connectivity index is 2.64. The molecule has 0 aliphatic heterocycles. The van der Waals surface area contributed by atoms with Crippen molar-refractivity contribution in [2.75, 3.05) is 6.79 Å². The lowest BCUT2D eigenvalue weighted by Gasteiger charge is -2.10. The summed E-state index contributed by atoms with van der Waals surface area (Å²) in [6, 6.07) is 11.4. The molecule has 0 saturated carbocycles. The van der Waals surface area contributed by atoms with Gasteiger partial charge in [-0.3, -0.25) is 0 Å². The summed E-state index contributed by atoms with van der Waals surface area (Å²) in [7, 11) is 0. The minimum atomic E-state index is -0.384. The summed E-state index contributed by atoms with van der Waals surface area (Å²) >= 11 is 0. The molecule has 0 atom stereocenters. The normalized spacial score (nSPS) is 10.5. The summed E-state index contributed by atoms with van der Waals surface area (Å²) in [6.45, 7) is -0.484. The highest BCUT2D eigenvalue weighted by molar-refractivity contribution is 5.87. The molecule has 15 heavy (non-hydrogen) atoms. The third-order valence-corrected chi connectivity index (χ3v) is 2.38. The molecular weight excluding hydrogens is 192 g/mol. The van der Waals surface area contributed by atoms with Crippen molar-refractivity contribution in [3.05, 3.63) is 42.0 Å². The molecule has 0 radical (unpaired) electrons. The summed E-state index contributed by atoms with van der Waals surface area (Å²) < 4.78 is 5.03. The van der Waals surface area contributed by atoms with Gasteiger partial charge in [-0.25, -0.2) is 0 Å². The number of hydrogen-bond acceptors (Lipinski definition) is 3. The van der Waals surface area contributed by atoms with E-state index in [4.69, 9.17) is 9.84 Å². The van der Waals surface area contributed by atoms with E-state index in [-0.39, 0.29) is 13.4 Å². The van der Waals surface area contributed by atoms with Crippen molar-refractivity contribution >= 4 is 10.8 Å². The minimum absolute atomic E-state index is 0.101. The maximum atomic E-state index is 9.28. The second-order valence-electron chi connectivity index (χ2n) is 3.19. The summed E-state index contributed by atoms with van der Waals surface area (Å²) in [4.78, 5) is 0. The van der Waals surface area contributed by atoms with Crippen LogP contribution in [-0.2, 0) is 6.61 Å². The number of aliphatic hydroxyl groups excluding tert-OH is 2. The fourth-order valence-corrected chi connectivity index (χ4v) is 1.68. The quantitative estimate of drug-likeness (QED) is 0.747. The first-order valence-corrected chi connectivity index (χ1v) is 4.72. The lowest BCUT2D eigenvalue weighted by Crippen LogP contribution is -1.99. The van der Waals surface area contributed by atoms with Crippen molar-refractivity contribution in [2.45, 2.75) is 6.61 Å². The van der Waals surface area contributed by atoms with Crippen molar-refractivity contribution in [3.63, 3.8) is 0 Å². The van der Waals surface area contributed by atoms with E-state index in [9.17, 15) is 5.11 Å². The molecule has 0 aliphatic carbocycles. The Kier molecular flexibility index (Phi) is 2.85. The van der Waals surface area contributed by atoms with Gasteiger partial charge >= 0.3 is 0 Å². The van der Waals surface area contributed by atoms with Gasteiger partial charge in [-0.15, -0.1) is 0 Å². The number of fused-ring (bicyclic) bond motifs is 1. The van der Waals surface area contributed by atoms with Crippen LogP contribution in [0, 0.1) is 0 Å². The average Bonchev–Trinajstić information content (AvgIpc) is 2.29. The highest BCUT2D eigenvalue weighted by Crippen LogP contribution is 2.27. The molecule has 0 unspecified atom stereocenters. The summed E-state index contributed by atoms with van der Waals surface area (Å²) in [5, 5.41) is 20.0. The van der Waals surface area contributed by atoms with Gasteiger partial charge < -0.3 is 14.9 Å². The van der Waals surface area contributed by atoms with Gasteiger partial charge in [0.2, 0.25) is 0 Å². The van der Waals surface area contributed by atoms with Crippen molar-refractivity contribution < 1.29 is 14.9 Å². The topological polar surface area (TPSA) is 49.7 Å². The van der Waals surface area contributed by atoms with E-state index < -0.39 is 0 Å². The monoisotopic (exact) mass is 204 g/mol. The molecule has 2 rings (SSSR count).